The normalized spacial score (nSPS) is 13.4. The van der Waals surface area contributed by atoms with Crippen LogP contribution in [0.2, 0.25) is 0 Å². The molecule has 2 N–H and O–H groups in total. The standard InChI is InChI=1S/C14H20N2O2S/c1-10(2)12(13(17)15-3)14(16-18)19-9-11-7-5-4-6-8-11/h4-8,10,12,18H,9H2,1-3H3,(H,15,17). The molecule has 1 aromatic rings. The second kappa shape index (κ2) is 7.84. The zero-order valence-corrected chi connectivity index (χ0v) is 12.3. The highest BCUT2D eigenvalue weighted by Crippen LogP contribution is 2.24. The summed E-state index contributed by atoms with van der Waals surface area (Å²) < 4.78 is 0. The van der Waals surface area contributed by atoms with E-state index in [1.807, 2.05) is 44.2 Å². The van der Waals surface area contributed by atoms with Crippen LogP contribution in [-0.4, -0.2) is 23.2 Å². The van der Waals surface area contributed by atoms with Crippen molar-refractivity contribution in [2.45, 2.75) is 19.6 Å². The highest BCUT2D eigenvalue weighted by Gasteiger charge is 2.28. The van der Waals surface area contributed by atoms with Gasteiger partial charge in [0.05, 0.1) is 5.92 Å². The molecule has 0 fully saturated rings. The molecular formula is C14H20N2O2S. The minimum atomic E-state index is -0.413. The number of nitrogens with zero attached hydrogens (tertiary/aromatic N) is 1. The van der Waals surface area contributed by atoms with Gasteiger partial charge in [0.1, 0.15) is 5.04 Å². The molecule has 4 nitrogen and oxygen atoms in total. The van der Waals surface area contributed by atoms with E-state index in [1.165, 1.54) is 11.8 Å². The topological polar surface area (TPSA) is 61.7 Å². The van der Waals surface area contributed by atoms with Crippen LogP contribution in [0.25, 0.3) is 0 Å². The number of carbonyl (C=O) groups excluding carboxylic acids is 1. The number of carbonyl (C=O) groups is 1. The third kappa shape index (κ3) is 4.59. The van der Waals surface area contributed by atoms with E-state index in [0.717, 1.165) is 5.56 Å². The van der Waals surface area contributed by atoms with Gasteiger partial charge in [0.2, 0.25) is 5.91 Å². The van der Waals surface area contributed by atoms with E-state index in [2.05, 4.69) is 10.5 Å². The summed E-state index contributed by atoms with van der Waals surface area (Å²) in [7, 11) is 1.59. The fourth-order valence-corrected chi connectivity index (χ4v) is 2.89. The van der Waals surface area contributed by atoms with Crippen molar-refractivity contribution >= 4 is 22.7 Å². The highest BCUT2D eigenvalue weighted by molar-refractivity contribution is 8.13. The molecule has 5 heteroatoms. The highest BCUT2D eigenvalue weighted by atomic mass is 32.2. The van der Waals surface area contributed by atoms with Crippen molar-refractivity contribution in [2.75, 3.05) is 7.05 Å². The minimum Gasteiger partial charge on any atom is -0.410 e. The zero-order valence-electron chi connectivity index (χ0n) is 11.5. The summed E-state index contributed by atoms with van der Waals surface area (Å²) in [5.74, 6) is 0.224. The molecular weight excluding hydrogens is 260 g/mol. The Kier molecular flexibility index (Phi) is 6.42. The lowest BCUT2D eigenvalue weighted by molar-refractivity contribution is -0.123. The third-order valence-electron chi connectivity index (χ3n) is 2.79. The number of benzene rings is 1. The average molecular weight is 280 g/mol. The van der Waals surface area contributed by atoms with Crippen LogP contribution in [0.15, 0.2) is 35.5 Å². The van der Waals surface area contributed by atoms with E-state index in [0.29, 0.717) is 10.8 Å². The Balaban J connectivity index is 2.74. The summed E-state index contributed by atoms with van der Waals surface area (Å²) in [5.41, 5.74) is 1.13. The van der Waals surface area contributed by atoms with Crippen LogP contribution in [0.5, 0.6) is 0 Å². The minimum absolute atomic E-state index is 0.0779. The maximum Gasteiger partial charge on any atom is 0.229 e. The van der Waals surface area contributed by atoms with Gasteiger partial charge in [0, 0.05) is 12.8 Å². The van der Waals surface area contributed by atoms with E-state index in [9.17, 15) is 4.79 Å². The molecule has 0 aliphatic rings. The number of nitrogens with one attached hydrogen (secondary N) is 1. The van der Waals surface area contributed by atoms with Crippen molar-refractivity contribution in [2.24, 2.45) is 17.0 Å². The number of oxime groups is 1. The van der Waals surface area contributed by atoms with E-state index in [1.54, 1.807) is 7.05 Å². The predicted molar refractivity (Wildman–Crippen MR) is 79.4 cm³/mol. The fraction of sp³-hybridized carbons (Fsp3) is 0.429. The van der Waals surface area contributed by atoms with Gasteiger partial charge in [-0.15, -0.1) is 11.8 Å². The molecule has 0 bridgehead atoms. The van der Waals surface area contributed by atoms with Crippen LogP contribution in [0.3, 0.4) is 0 Å². The van der Waals surface area contributed by atoms with Crippen molar-refractivity contribution in [3.8, 4) is 0 Å². The lowest BCUT2D eigenvalue weighted by atomic mass is 9.96. The van der Waals surface area contributed by atoms with Gasteiger partial charge in [0.25, 0.3) is 0 Å². The van der Waals surface area contributed by atoms with Gasteiger partial charge in [-0.05, 0) is 11.5 Å². The summed E-state index contributed by atoms with van der Waals surface area (Å²) in [5, 5.41) is 15.5. The van der Waals surface area contributed by atoms with Crippen LogP contribution in [0.1, 0.15) is 19.4 Å². The van der Waals surface area contributed by atoms with Crippen molar-refractivity contribution in [1.29, 1.82) is 0 Å². The van der Waals surface area contributed by atoms with Crippen molar-refractivity contribution in [3.63, 3.8) is 0 Å². The lowest BCUT2D eigenvalue weighted by Gasteiger charge is -2.19. The van der Waals surface area contributed by atoms with Crippen LogP contribution >= 0.6 is 11.8 Å². The maximum atomic E-state index is 11.8. The van der Waals surface area contributed by atoms with E-state index >= 15 is 0 Å². The number of thioether (sulfide) groups is 1. The Morgan fingerprint density at radius 2 is 2.00 bits per heavy atom. The molecule has 19 heavy (non-hydrogen) atoms. The van der Waals surface area contributed by atoms with Crippen LogP contribution < -0.4 is 5.32 Å². The van der Waals surface area contributed by atoms with Gasteiger partial charge in [-0.3, -0.25) is 4.79 Å². The Bertz CT molecular complexity index is 432. The molecule has 0 saturated heterocycles. The molecule has 1 rings (SSSR count). The molecule has 1 amide bonds. The largest absolute Gasteiger partial charge is 0.410 e. The van der Waals surface area contributed by atoms with Gasteiger partial charge in [-0.25, -0.2) is 0 Å². The van der Waals surface area contributed by atoms with Crippen LogP contribution in [-0.2, 0) is 10.5 Å². The molecule has 0 radical (unpaired) electrons. The number of hydrogen-bond donors (Lipinski definition) is 2. The molecule has 0 aromatic heterocycles. The Morgan fingerprint density at radius 1 is 1.37 bits per heavy atom. The average Bonchev–Trinajstić information content (AvgIpc) is 2.43. The van der Waals surface area contributed by atoms with Gasteiger partial charge in [0.15, 0.2) is 0 Å². The summed E-state index contributed by atoms with van der Waals surface area (Å²) in [4.78, 5) is 11.8. The first-order chi connectivity index (χ1) is 9.10. The number of rotatable bonds is 5. The first kappa shape index (κ1) is 15.6. The fourth-order valence-electron chi connectivity index (χ4n) is 1.77. The second-order valence-electron chi connectivity index (χ2n) is 4.55. The molecule has 1 atom stereocenters. The van der Waals surface area contributed by atoms with Crippen molar-refractivity contribution < 1.29 is 10.0 Å². The molecule has 0 saturated carbocycles. The monoisotopic (exact) mass is 280 g/mol. The Morgan fingerprint density at radius 3 is 2.47 bits per heavy atom. The van der Waals surface area contributed by atoms with Gasteiger partial charge < -0.3 is 10.5 Å². The number of hydrogen-bond acceptors (Lipinski definition) is 4. The molecule has 0 aliphatic heterocycles. The molecule has 0 spiro atoms. The molecule has 1 unspecified atom stereocenters. The Labute approximate surface area is 118 Å². The maximum absolute atomic E-state index is 11.8. The quantitative estimate of drug-likeness (QED) is 0.377. The van der Waals surface area contributed by atoms with E-state index in [4.69, 9.17) is 5.21 Å². The molecule has 0 heterocycles. The first-order valence-electron chi connectivity index (χ1n) is 6.20. The molecule has 104 valence electrons. The lowest BCUT2D eigenvalue weighted by Crippen LogP contribution is -2.35. The second-order valence-corrected chi connectivity index (χ2v) is 5.54. The summed E-state index contributed by atoms with van der Waals surface area (Å²) in [6.45, 7) is 3.88. The van der Waals surface area contributed by atoms with Crippen molar-refractivity contribution in [1.82, 2.24) is 5.32 Å². The van der Waals surface area contributed by atoms with E-state index in [-0.39, 0.29) is 11.8 Å². The smallest absolute Gasteiger partial charge is 0.229 e. The predicted octanol–water partition coefficient (Wildman–Crippen LogP) is 2.73. The SMILES string of the molecule is CNC(=O)C(C(=NO)SCc1ccccc1)C(C)C. The summed E-state index contributed by atoms with van der Waals surface area (Å²) in [6, 6.07) is 9.89. The van der Waals surface area contributed by atoms with Crippen molar-refractivity contribution in [3.05, 3.63) is 35.9 Å². The third-order valence-corrected chi connectivity index (χ3v) is 3.90. The number of amides is 1. The zero-order chi connectivity index (χ0) is 14.3. The van der Waals surface area contributed by atoms with E-state index < -0.39 is 5.92 Å². The van der Waals surface area contributed by atoms with Gasteiger partial charge in [-0.1, -0.05) is 49.3 Å². The first-order valence-corrected chi connectivity index (χ1v) is 7.19. The molecule has 0 aliphatic carbocycles. The summed E-state index contributed by atoms with van der Waals surface area (Å²) in [6.07, 6.45) is 0. The van der Waals surface area contributed by atoms with Gasteiger partial charge in [-0.2, -0.15) is 0 Å². The summed E-state index contributed by atoms with van der Waals surface area (Å²) >= 11 is 1.39. The van der Waals surface area contributed by atoms with Crippen LogP contribution in [0, 0.1) is 11.8 Å². The Hall–Kier alpha value is -1.49. The van der Waals surface area contributed by atoms with Gasteiger partial charge >= 0.3 is 0 Å². The molecule has 1 aromatic carbocycles. The van der Waals surface area contributed by atoms with Crippen LogP contribution in [0.4, 0.5) is 0 Å².